The molecule has 3 nitrogen and oxygen atoms in total. The second-order valence-electron chi connectivity index (χ2n) is 3.40. The van der Waals surface area contributed by atoms with Crippen LogP contribution in [-0.4, -0.2) is 35.1 Å². The van der Waals surface area contributed by atoms with E-state index >= 15 is 0 Å². The Morgan fingerprint density at radius 1 is 1.39 bits per heavy atom. The van der Waals surface area contributed by atoms with Crippen molar-refractivity contribution in [2.45, 2.75) is 13.1 Å². The molecule has 0 radical (unpaired) electrons. The summed E-state index contributed by atoms with van der Waals surface area (Å²) in [6, 6.07) is 2.66. The van der Waals surface area contributed by atoms with Crippen LogP contribution in [0.2, 0.25) is 10.2 Å². The summed E-state index contributed by atoms with van der Waals surface area (Å²) >= 11 is 11.3. The van der Waals surface area contributed by atoms with Crippen molar-refractivity contribution >= 4 is 29.1 Å². The number of hydrogen-bond donors (Lipinski definition) is 0. The zero-order valence-electron chi connectivity index (χ0n) is 9.26. The standard InChI is InChI=1S/C10H9Cl2F3N2O/c1-2-17(5-10(13,14)15)9(18)8-6(11)3-4-7(12)16-8/h3-4H,2,5H2,1H3. The van der Waals surface area contributed by atoms with Crippen LogP contribution in [0.4, 0.5) is 13.2 Å². The van der Waals surface area contributed by atoms with Gasteiger partial charge in [0.05, 0.1) is 5.02 Å². The number of carbonyl (C=O) groups excluding carboxylic acids is 1. The SMILES string of the molecule is CCN(CC(F)(F)F)C(=O)c1nc(Cl)ccc1Cl. The molecular formula is C10H9Cl2F3N2O. The topological polar surface area (TPSA) is 33.2 Å². The fraction of sp³-hybridized carbons (Fsp3) is 0.400. The van der Waals surface area contributed by atoms with Crippen LogP contribution >= 0.6 is 23.2 Å². The number of carbonyl (C=O) groups is 1. The first-order valence-electron chi connectivity index (χ1n) is 4.92. The Balaban J connectivity index is 3.00. The summed E-state index contributed by atoms with van der Waals surface area (Å²) in [5, 5.41) is -0.0455. The van der Waals surface area contributed by atoms with Crippen molar-refractivity contribution in [1.29, 1.82) is 0 Å². The van der Waals surface area contributed by atoms with Crippen molar-refractivity contribution < 1.29 is 18.0 Å². The molecule has 0 N–H and O–H groups in total. The molecule has 0 bridgehead atoms. The van der Waals surface area contributed by atoms with E-state index < -0.39 is 18.6 Å². The van der Waals surface area contributed by atoms with Gasteiger partial charge in [-0.2, -0.15) is 13.2 Å². The van der Waals surface area contributed by atoms with Crippen LogP contribution < -0.4 is 0 Å². The zero-order chi connectivity index (χ0) is 13.9. The van der Waals surface area contributed by atoms with Crippen molar-refractivity contribution in [2.75, 3.05) is 13.1 Å². The summed E-state index contributed by atoms with van der Waals surface area (Å²) in [6.07, 6.45) is -4.48. The van der Waals surface area contributed by atoms with Crippen molar-refractivity contribution in [1.82, 2.24) is 9.88 Å². The quantitative estimate of drug-likeness (QED) is 0.802. The van der Waals surface area contributed by atoms with Gasteiger partial charge >= 0.3 is 6.18 Å². The first-order valence-corrected chi connectivity index (χ1v) is 5.68. The minimum Gasteiger partial charge on any atom is -0.328 e. The van der Waals surface area contributed by atoms with Crippen LogP contribution in [0, 0.1) is 0 Å². The molecule has 0 aliphatic heterocycles. The predicted octanol–water partition coefficient (Wildman–Crippen LogP) is 3.41. The maximum Gasteiger partial charge on any atom is 0.406 e. The summed E-state index contributed by atoms with van der Waals surface area (Å²) < 4.78 is 36.8. The molecule has 0 aliphatic rings. The number of aromatic nitrogens is 1. The van der Waals surface area contributed by atoms with Gasteiger partial charge in [0.25, 0.3) is 5.91 Å². The van der Waals surface area contributed by atoms with Crippen molar-refractivity contribution in [3.8, 4) is 0 Å². The Morgan fingerprint density at radius 3 is 2.50 bits per heavy atom. The molecule has 100 valence electrons. The molecular weight excluding hydrogens is 292 g/mol. The highest BCUT2D eigenvalue weighted by molar-refractivity contribution is 6.34. The van der Waals surface area contributed by atoms with Gasteiger partial charge in [0.15, 0.2) is 0 Å². The molecule has 1 rings (SSSR count). The zero-order valence-corrected chi connectivity index (χ0v) is 10.8. The van der Waals surface area contributed by atoms with Crippen LogP contribution in [0.15, 0.2) is 12.1 Å². The maximum absolute atomic E-state index is 12.3. The molecule has 0 fully saturated rings. The Morgan fingerprint density at radius 2 is 2.00 bits per heavy atom. The lowest BCUT2D eigenvalue weighted by Gasteiger charge is -2.22. The number of pyridine rings is 1. The minimum absolute atomic E-state index is 0.00851. The summed E-state index contributed by atoms with van der Waals surface area (Å²) in [4.78, 5) is 16.1. The van der Waals surface area contributed by atoms with E-state index in [9.17, 15) is 18.0 Å². The third-order valence-electron chi connectivity index (χ3n) is 2.05. The Kier molecular flexibility index (Phi) is 4.81. The van der Waals surface area contributed by atoms with Gasteiger partial charge in [-0.1, -0.05) is 23.2 Å². The average Bonchev–Trinajstić information content (AvgIpc) is 2.27. The second-order valence-corrected chi connectivity index (χ2v) is 4.19. The van der Waals surface area contributed by atoms with Crippen LogP contribution in [0.3, 0.4) is 0 Å². The van der Waals surface area contributed by atoms with Gasteiger partial charge in [0.1, 0.15) is 17.4 Å². The Labute approximate surface area is 112 Å². The summed E-state index contributed by atoms with van der Waals surface area (Å²) in [5.41, 5.74) is -0.282. The lowest BCUT2D eigenvalue weighted by Crippen LogP contribution is -2.39. The third kappa shape index (κ3) is 4.03. The molecule has 0 saturated carbocycles. The lowest BCUT2D eigenvalue weighted by atomic mass is 10.3. The summed E-state index contributed by atoms with van der Waals surface area (Å²) in [6.45, 7) is -0.0299. The van der Waals surface area contributed by atoms with E-state index in [1.807, 2.05) is 0 Å². The molecule has 8 heteroatoms. The maximum atomic E-state index is 12.3. The average molecular weight is 301 g/mol. The van der Waals surface area contributed by atoms with E-state index in [0.717, 1.165) is 0 Å². The van der Waals surface area contributed by atoms with Crippen LogP contribution in [-0.2, 0) is 0 Å². The Bertz CT molecular complexity index is 451. The fourth-order valence-electron chi connectivity index (χ4n) is 1.26. The predicted molar refractivity (Wildman–Crippen MR) is 61.9 cm³/mol. The molecule has 0 saturated heterocycles. The third-order valence-corrected chi connectivity index (χ3v) is 2.57. The van der Waals surface area contributed by atoms with E-state index in [2.05, 4.69) is 4.98 Å². The molecule has 18 heavy (non-hydrogen) atoms. The normalized spacial score (nSPS) is 11.4. The molecule has 0 atom stereocenters. The second kappa shape index (κ2) is 5.75. The highest BCUT2D eigenvalue weighted by Crippen LogP contribution is 2.21. The lowest BCUT2D eigenvalue weighted by molar-refractivity contribution is -0.140. The Hall–Kier alpha value is -1.01. The van der Waals surface area contributed by atoms with E-state index in [1.54, 1.807) is 0 Å². The largest absolute Gasteiger partial charge is 0.406 e. The van der Waals surface area contributed by atoms with Gasteiger partial charge in [-0.05, 0) is 19.1 Å². The first-order chi connectivity index (χ1) is 8.24. The monoisotopic (exact) mass is 300 g/mol. The van der Waals surface area contributed by atoms with Gasteiger partial charge in [0.2, 0.25) is 0 Å². The number of rotatable bonds is 3. The van der Waals surface area contributed by atoms with Crippen LogP contribution in [0.5, 0.6) is 0 Å². The van der Waals surface area contributed by atoms with Gasteiger partial charge in [-0.25, -0.2) is 4.98 Å². The van der Waals surface area contributed by atoms with Crippen molar-refractivity contribution in [2.24, 2.45) is 0 Å². The molecule has 0 aromatic carbocycles. The minimum atomic E-state index is -4.48. The van der Waals surface area contributed by atoms with E-state index in [-0.39, 0.29) is 22.4 Å². The summed E-state index contributed by atoms with van der Waals surface area (Å²) in [7, 11) is 0. The molecule has 1 heterocycles. The number of alkyl halides is 3. The molecule has 1 aromatic rings. The molecule has 0 spiro atoms. The van der Waals surface area contributed by atoms with E-state index in [4.69, 9.17) is 23.2 Å². The van der Waals surface area contributed by atoms with Gasteiger partial charge in [-0.3, -0.25) is 4.79 Å². The first kappa shape index (κ1) is 15.0. The number of halogens is 5. The molecule has 1 aromatic heterocycles. The van der Waals surface area contributed by atoms with Gasteiger partial charge in [0, 0.05) is 6.54 Å². The molecule has 1 amide bonds. The van der Waals surface area contributed by atoms with E-state index in [0.29, 0.717) is 4.90 Å². The van der Waals surface area contributed by atoms with Gasteiger partial charge < -0.3 is 4.90 Å². The highest BCUT2D eigenvalue weighted by Gasteiger charge is 2.33. The number of nitrogens with zero attached hydrogens (tertiary/aromatic N) is 2. The van der Waals surface area contributed by atoms with Gasteiger partial charge in [-0.15, -0.1) is 0 Å². The van der Waals surface area contributed by atoms with Crippen molar-refractivity contribution in [3.05, 3.63) is 28.0 Å². The van der Waals surface area contributed by atoms with Crippen LogP contribution in [0.1, 0.15) is 17.4 Å². The van der Waals surface area contributed by atoms with Crippen LogP contribution in [0.25, 0.3) is 0 Å². The fourth-order valence-corrected chi connectivity index (χ4v) is 1.60. The smallest absolute Gasteiger partial charge is 0.328 e. The van der Waals surface area contributed by atoms with E-state index in [1.165, 1.54) is 19.1 Å². The van der Waals surface area contributed by atoms with Crippen molar-refractivity contribution in [3.63, 3.8) is 0 Å². The highest BCUT2D eigenvalue weighted by atomic mass is 35.5. The number of amides is 1. The number of hydrogen-bond acceptors (Lipinski definition) is 2. The molecule has 0 unspecified atom stereocenters. The summed E-state index contributed by atoms with van der Waals surface area (Å²) in [5.74, 6) is -0.901. The molecule has 0 aliphatic carbocycles.